The highest BCUT2D eigenvalue weighted by Crippen LogP contribution is 2.52. The Balaban J connectivity index is 1.52. The summed E-state index contributed by atoms with van der Waals surface area (Å²) in [4.78, 5) is 24.5. The molecule has 0 amide bonds. The van der Waals surface area contributed by atoms with Crippen LogP contribution in [0.25, 0.3) is 0 Å². The first-order chi connectivity index (χ1) is 16.2. The molecule has 2 aliphatic carbocycles. The molecule has 0 spiro atoms. The topological polar surface area (TPSA) is 80.4 Å². The van der Waals surface area contributed by atoms with Gasteiger partial charge in [0.25, 0.3) is 0 Å². The van der Waals surface area contributed by atoms with E-state index in [1.54, 1.807) is 0 Å². The molecule has 1 atom stereocenters. The van der Waals surface area contributed by atoms with Crippen LogP contribution in [0.1, 0.15) is 117 Å². The van der Waals surface area contributed by atoms with Crippen molar-refractivity contribution < 1.29 is 19.2 Å². The summed E-state index contributed by atoms with van der Waals surface area (Å²) in [7, 11) is 0. The highest BCUT2D eigenvalue weighted by molar-refractivity contribution is 5.82. The molecular formula is C29H39NO4. The minimum absolute atomic E-state index is 0.0293. The molecule has 0 saturated heterocycles. The Morgan fingerprint density at radius 3 is 2.50 bits per heavy atom. The van der Waals surface area contributed by atoms with Crippen molar-refractivity contribution in [3.05, 3.63) is 51.9 Å². The Hall–Kier alpha value is -2.43. The maximum Gasteiger partial charge on any atom is 0.303 e. The van der Waals surface area contributed by atoms with E-state index in [9.17, 15) is 14.7 Å². The van der Waals surface area contributed by atoms with Crippen LogP contribution < -0.4 is 0 Å². The number of aryl methyl sites for hydroxylation is 2. The summed E-state index contributed by atoms with van der Waals surface area (Å²) in [6.07, 6.45) is 6.95. The Morgan fingerprint density at radius 2 is 1.88 bits per heavy atom. The monoisotopic (exact) mass is 465 g/mol. The Morgan fingerprint density at radius 1 is 1.15 bits per heavy atom. The third-order valence-corrected chi connectivity index (χ3v) is 7.63. The number of benzene rings is 1. The second-order valence-electron chi connectivity index (χ2n) is 11.3. The van der Waals surface area contributed by atoms with Gasteiger partial charge in [-0.1, -0.05) is 42.8 Å². The van der Waals surface area contributed by atoms with Crippen LogP contribution in [0.2, 0.25) is 0 Å². The average molecular weight is 466 g/mol. The normalized spacial score (nSPS) is 20.9. The minimum atomic E-state index is -0.838. The van der Waals surface area contributed by atoms with E-state index in [1.165, 1.54) is 17.5 Å². The van der Waals surface area contributed by atoms with Crippen LogP contribution in [0.4, 0.5) is 0 Å². The van der Waals surface area contributed by atoms with Gasteiger partial charge < -0.3 is 9.63 Å². The molecular weight excluding hydrogens is 426 g/mol. The van der Waals surface area contributed by atoms with E-state index in [2.05, 4.69) is 32.0 Å². The Bertz CT molecular complexity index is 1030. The van der Waals surface area contributed by atoms with Gasteiger partial charge in [-0.2, -0.15) is 0 Å². The fraction of sp³-hybridized carbons (Fsp3) is 0.621. The molecule has 2 fully saturated rings. The fourth-order valence-corrected chi connectivity index (χ4v) is 5.74. The molecule has 5 nitrogen and oxygen atoms in total. The van der Waals surface area contributed by atoms with Crippen molar-refractivity contribution in [1.29, 1.82) is 0 Å². The third-order valence-electron chi connectivity index (χ3n) is 7.63. The summed E-state index contributed by atoms with van der Waals surface area (Å²) >= 11 is 0. The van der Waals surface area contributed by atoms with Crippen LogP contribution in [0, 0.1) is 25.7 Å². The van der Waals surface area contributed by atoms with Gasteiger partial charge in [-0.15, -0.1) is 0 Å². The molecule has 0 bridgehead atoms. The summed E-state index contributed by atoms with van der Waals surface area (Å²) in [5.41, 5.74) is 5.65. The average Bonchev–Trinajstić information content (AvgIpc) is 3.48. The van der Waals surface area contributed by atoms with E-state index in [-0.39, 0.29) is 18.1 Å². The lowest BCUT2D eigenvalue weighted by Gasteiger charge is -2.35. The molecule has 4 rings (SSSR count). The molecule has 2 aromatic rings. The van der Waals surface area contributed by atoms with Gasteiger partial charge >= 0.3 is 5.97 Å². The van der Waals surface area contributed by atoms with Gasteiger partial charge in [0, 0.05) is 36.7 Å². The van der Waals surface area contributed by atoms with E-state index in [4.69, 9.17) is 4.52 Å². The van der Waals surface area contributed by atoms with Crippen molar-refractivity contribution in [3.63, 3.8) is 0 Å². The summed E-state index contributed by atoms with van der Waals surface area (Å²) in [6, 6.07) is 6.17. The van der Waals surface area contributed by atoms with Gasteiger partial charge in [0.1, 0.15) is 11.5 Å². The third kappa shape index (κ3) is 5.97. The zero-order chi connectivity index (χ0) is 24.4. The number of carbonyl (C=O) groups is 2. The van der Waals surface area contributed by atoms with Crippen LogP contribution in [-0.4, -0.2) is 22.0 Å². The van der Waals surface area contributed by atoms with Crippen LogP contribution in [0.5, 0.6) is 0 Å². The number of ketones is 1. The van der Waals surface area contributed by atoms with Crippen molar-refractivity contribution in [2.45, 2.75) is 103 Å². The van der Waals surface area contributed by atoms with Crippen LogP contribution in [-0.2, 0) is 16.0 Å². The lowest BCUT2D eigenvalue weighted by molar-refractivity contribution is -0.137. The van der Waals surface area contributed by atoms with Gasteiger partial charge in [-0.3, -0.25) is 9.59 Å². The van der Waals surface area contributed by atoms with Crippen molar-refractivity contribution in [1.82, 2.24) is 5.16 Å². The van der Waals surface area contributed by atoms with Gasteiger partial charge in [0.15, 0.2) is 0 Å². The first kappa shape index (κ1) is 24.7. The van der Waals surface area contributed by atoms with Crippen molar-refractivity contribution >= 4 is 11.8 Å². The number of hydrogen-bond acceptors (Lipinski definition) is 4. The lowest BCUT2D eigenvalue weighted by Crippen LogP contribution is -2.24. The molecule has 1 aromatic heterocycles. The highest BCUT2D eigenvalue weighted by Gasteiger charge is 2.41. The molecule has 34 heavy (non-hydrogen) atoms. The maximum absolute atomic E-state index is 13.1. The number of nitrogens with zero attached hydrogens (tertiary/aromatic N) is 1. The van der Waals surface area contributed by atoms with Gasteiger partial charge in [0.05, 0.1) is 5.69 Å². The van der Waals surface area contributed by atoms with E-state index in [0.29, 0.717) is 37.0 Å². The number of carboxylic acid groups (broad SMARTS) is 1. The number of rotatable bonds is 12. The first-order valence-corrected chi connectivity index (χ1v) is 13.0. The van der Waals surface area contributed by atoms with E-state index in [1.807, 2.05) is 19.1 Å². The van der Waals surface area contributed by atoms with Crippen molar-refractivity contribution in [2.75, 3.05) is 0 Å². The number of hydrogen-bond donors (Lipinski definition) is 1. The molecule has 0 radical (unpaired) electrons. The number of Topliss-reactive ketones (excluding diaryl/α,β-unsaturated/α-hetero) is 1. The molecule has 1 aromatic carbocycles. The number of aliphatic carboxylic acids is 1. The highest BCUT2D eigenvalue weighted by atomic mass is 16.5. The smallest absolute Gasteiger partial charge is 0.303 e. The molecule has 0 unspecified atom stereocenters. The van der Waals surface area contributed by atoms with Gasteiger partial charge in [-0.25, -0.2) is 0 Å². The number of carboxylic acids is 1. The van der Waals surface area contributed by atoms with Gasteiger partial charge in [0.2, 0.25) is 0 Å². The first-order valence-electron chi connectivity index (χ1n) is 13.0. The summed E-state index contributed by atoms with van der Waals surface area (Å²) < 4.78 is 5.96. The molecule has 2 aliphatic rings. The predicted octanol–water partition coefficient (Wildman–Crippen LogP) is 6.86. The van der Waals surface area contributed by atoms with E-state index in [0.717, 1.165) is 54.2 Å². The lowest BCUT2D eigenvalue weighted by atomic mass is 9.69. The second-order valence-corrected chi connectivity index (χ2v) is 11.3. The van der Waals surface area contributed by atoms with E-state index >= 15 is 0 Å². The zero-order valence-electron chi connectivity index (χ0n) is 21.1. The standard InChI is InChI=1S/C29H39NO4/c1-17(2)11-20-13-24(14-20)28-27(21-7-8-21)29(34-30-28)23(9-10-26(32)33)16-25(31)15-22-6-5-18(3)12-19(22)4/h5-6,12,17,20-21,23-24H,7-11,13-16H2,1-4H3,(H,32,33)/t20?,23-,24?/m0/s1. The molecule has 1 heterocycles. The number of carbonyl (C=O) groups excluding carboxylic acids is 1. The van der Waals surface area contributed by atoms with Crippen molar-refractivity contribution in [2.24, 2.45) is 11.8 Å². The number of aromatic nitrogens is 1. The molecule has 184 valence electrons. The molecule has 0 aliphatic heterocycles. The van der Waals surface area contributed by atoms with Crippen molar-refractivity contribution in [3.8, 4) is 0 Å². The Labute approximate surface area is 203 Å². The van der Waals surface area contributed by atoms with Crippen LogP contribution in [0.15, 0.2) is 22.7 Å². The molecule has 2 saturated carbocycles. The van der Waals surface area contributed by atoms with Gasteiger partial charge in [-0.05, 0) is 81.3 Å². The van der Waals surface area contributed by atoms with Crippen LogP contribution >= 0.6 is 0 Å². The van der Waals surface area contributed by atoms with E-state index < -0.39 is 5.97 Å². The minimum Gasteiger partial charge on any atom is -0.481 e. The molecule has 5 heteroatoms. The maximum atomic E-state index is 13.1. The van der Waals surface area contributed by atoms with Crippen LogP contribution in [0.3, 0.4) is 0 Å². The second kappa shape index (κ2) is 10.5. The summed E-state index contributed by atoms with van der Waals surface area (Å²) in [5.74, 6) is 2.24. The summed E-state index contributed by atoms with van der Waals surface area (Å²) in [5, 5.41) is 13.9. The Kier molecular flexibility index (Phi) is 7.59. The fourth-order valence-electron chi connectivity index (χ4n) is 5.74. The predicted molar refractivity (Wildman–Crippen MR) is 132 cm³/mol. The SMILES string of the molecule is Cc1ccc(CC(=O)C[C@H](CCC(=O)O)c2onc(C3CC(CC(C)C)C3)c2C2CC2)c(C)c1. The largest absolute Gasteiger partial charge is 0.481 e. The zero-order valence-corrected chi connectivity index (χ0v) is 21.1. The molecule has 1 N–H and O–H groups in total. The summed E-state index contributed by atoms with van der Waals surface area (Å²) in [6.45, 7) is 8.64. The quantitative estimate of drug-likeness (QED) is 0.370.